The number of nitrogens with one attached hydrogen (secondary N) is 2. The molecular formula is C19H24N4O4. The van der Waals surface area contributed by atoms with Gasteiger partial charge in [0.1, 0.15) is 0 Å². The van der Waals surface area contributed by atoms with E-state index >= 15 is 0 Å². The fraction of sp³-hybridized carbons (Fsp3) is 0.526. The first-order valence-electron chi connectivity index (χ1n) is 9.13. The number of ether oxygens (including phenoxy) is 1. The lowest BCUT2D eigenvalue weighted by Gasteiger charge is -2.55. The van der Waals surface area contributed by atoms with E-state index in [1.165, 1.54) is 0 Å². The summed E-state index contributed by atoms with van der Waals surface area (Å²) in [4.78, 5) is 41.8. The average molecular weight is 372 g/mol. The lowest BCUT2D eigenvalue weighted by molar-refractivity contribution is -0.153. The highest BCUT2D eigenvalue weighted by atomic mass is 16.5. The van der Waals surface area contributed by atoms with Gasteiger partial charge in [-0.25, -0.2) is 4.79 Å². The lowest BCUT2D eigenvalue weighted by Crippen LogP contribution is -2.75. The third-order valence-corrected chi connectivity index (χ3v) is 5.81. The maximum atomic E-state index is 13.0. The Bertz CT molecular complexity index is 817. The van der Waals surface area contributed by atoms with E-state index in [1.807, 2.05) is 51.0 Å². The largest absolute Gasteiger partial charge is 0.378 e. The smallest absolute Gasteiger partial charge is 0.328 e. The van der Waals surface area contributed by atoms with Gasteiger partial charge in [-0.15, -0.1) is 0 Å². The van der Waals surface area contributed by atoms with E-state index in [0.717, 1.165) is 16.9 Å². The van der Waals surface area contributed by atoms with Crippen LogP contribution in [-0.4, -0.2) is 56.7 Å². The second-order valence-corrected chi connectivity index (χ2v) is 7.84. The number of imide groups is 2. The molecule has 2 saturated heterocycles. The van der Waals surface area contributed by atoms with Gasteiger partial charge in [-0.05, 0) is 44.0 Å². The molecule has 0 bridgehead atoms. The molecule has 8 nitrogen and oxygen atoms in total. The summed E-state index contributed by atoms with van der Waals surface area (Å²) >= 11 is 0. The first-order valence-corrected chi connectivity index (χ1v) is 9.13. The minimum atomic E-state index is -1.41. The average Bonchev–Trinajstić information content (AvgIpc) is 2.58. The lowest BCUT2D eigenvalue weighted by atomic mass is 9.66. The Hall–Kier alpha value is -2.61. The van der Waals surface area contributed by atoms with Crippen LogP contribution < -0.4 is 20.4 Å². The van der Waals surface area contributed by atoms with Crippen LogP contribution in [0.2, 0.25) is 0 Å². The Balaban J connectivity index is 1.90. The summed E-state index contributed by atoms with van der Waals surface area (Å²) in [5.41, 5.74) is 1.50. The number of hydrogen-bond donors (Lipinski definition) is 2. The molecule has 1 aromatic carbocycles. The van der Waals surface area contributed by atoms with Crippen molar-refractivity contribution < 1.29 is 19.1 Å². The summed E-state index contributed by atoms with van der Waals surface area (Å²) in [5, 5.41) is 4.60. The first kappa shape index (κ1) is 17.8. The summed E-state index contributed by atoms with van der Waals surface area (Å²) < 4.78 is 5.99. The van der Waals surface area contributed by atoms with Gasteiger partial charge in [0.2, 0.25) is 11.8 Å². The monoisotopic (exact) mass is 372 g/mol. The summed E-state index contributed by atoms with van der Waals surface area (Å²) in [7, 11) is 3.89. The molecule has 0 unspecified atom stereocenters. The van der Waals surface area contributed by atoms with Crippen molar-refractivity contribution in [2.75, 3.05) is 30.4 Å². The molecular weight excluding hydrogens is 348 g/mol. The van der Waals surface area contributed by atoms with Crippen LogP contribution in [0, 0.1) is 5.41 Å². The van der Waals surface area contributed by atoms with Crippen molar-refractivity contribution in [3.8, 4) is 0 Å². The normalized spacial score (nSPS) is 29.0. The van der Waals surface area contributed by atoms with Gasteiger partial charge < -0.3 is 14.5 Å². The summed E-state index contributed by atoms with van der Waals surface area (Å²) in [6.45, 7) is 4.43. The third kappa shape index (κ3) is 2.50. The standard InChI is InChI=1S/C19H24N4O4/c1-10-9-23-14-6-5-13(22(3)4)7-12(14)8-19(15(23)11(2)27-10)16(24)20-18(26)21-17(19)25/h5-7,10-11,15H,8-9H2,1-4H3,(H2,20,21,24,25,26)/t10-,11+,15-/m1/s1. The van der Waals surface area contributed by atoms with Gasteiger partial charge in [0.05, 0.1) is 18.2 Å². The van der Waals surface area contributed by atoms with Crippen LogP contribution in [0.25, 0.3) is 0 Å². The number of barbiturate groups is 1. The number of urea groups is 1. The maximum Gasteiger partial charge on any atom is 0.328 e. The predicted molar refractivity (Wildman–Crippen MR) is 99.7 cm³/mol. The van der Waals surface area contributed by atoms with Crippen LogP contribution in [0.15, 0.2) is 18.2 Å². The molecule has 4 rings (SSSR count). The molecule has 2 fully saturated rings. The second-order valence-electron chi connectivity index (χ2n) is 7.84. The topological polar surface area (TPSA) is 91.0 Å². The minimum Gasteiger partial charge on any atom is -0.378 e. The first-order chi connectivity index (χ1) is 12.7. The molecule has 0 saturated carbocycles. The van der Waals surface area contributed by atoms with Crippen LogP contribution in [0.3, 0.4) is 0 Å². The Labute approximate surface area is 157 Å². The number of morpholine rings is 1. The number of hydrogen-bond acceptors (Lipinski definition) is 6. The molecule has 3 heterocycles. The van der Waals surface area contributed by atoms with E-state index in [-0.39, 0.29) is 18.6 Å². The second kappa shape index (κ2) is 5.95. The van der Waals surface area contributed by atoms with Crippen molar-refractivity contribution in [3.05, 3.63) is 23.8 Å². The van der Waals surface area contributed by atoms with Crippen molar-refractivity contribution in [1.82, 2.24) is 10.6 Å². The zero-order chi connectivity index (χ0) is 19.5. The molecule has 1 aromatic rings. The number of carbonyl (C=O) groups is 3. The van der Waals surface area contributed by atoms with Crippen molar-refractivity contribution in [2.24, 2.45) is 5.41 Å². The highest BCUT2D eigenvalue weighted by Crippen LogP contribution is 2.47. The van der Waals surface area contributed by atoms with Crippen LogP contribution in [0.5, 0.6) is 0 Å². The van der Waals surface area contributed by atoms with Gasteiger partial charge in [0, 0.05) is 32.0 Å². The van der Waals surface area contributed by atoms with Gasteiger partial charge in [-0.3, -0.25) is 20.2 Å². The molecule has 0 aliphatic carbocycles. The van der Waals surface area contributed by atoms with Crippen LogP contribution in [-0.2, 0) is 20.7 Å². The summed E-state index contributed by atoms with van der Waals surface area (Å²) in [6.07, 6.45) is -0.165. The molecule has 144 valence electrons. The Kier molecular flexibility index (Phi) is 3.92. The molecule has 3 atom stereocenters. The number of rotatable bonds is 1. The van der Waals surface area contributed by atoms with E-state index < -0.39 is 29.3 Å². The highest BCUT2D eigenvalue weighted by Gasteiger charge is 2.62. The third-order valence-electron chi connectivity index (χ3n) is 5.81. The van der Waals surface area contributed by atoms with Crippen molar-refractivity contribution in [2.45, 2.75) is 38.5 Å². The molecule has 0 radical (unpaired) electrons. The number of benzene rings is 1. The molecule has 8 heteroatoms. The van der Waals surface area contributed by atoms with Crippen LogP contribution in [0.1, 0.15) is 19.4 Å². The SMILES string of the molecule is C[C@@H]1CN2c3ccc(N(C)C)cc3CC3(C(=O)NC(=O)NC3=O)[C@H]2[C@H](C)O1. The Morgan fingerprint density at radius 3 is 2.44 bits per heavy atom. The van der Waals surface area contributed by atoms with E-state index in [0.29, 0.717) is 6.54 Å². The molecule has 1 spiro atoms. The van der Waals surface area contributed by atoms with Gasteiger partial charge in [-0.1, -0.05) is 0 Å². The van der Waals surface area contributed by atoms with E-state index in [4.69, 9.17) is 4.74 Å². The van der Waals surface area contributed by atoms with Crippen molar-refractivity contribution in [1.29, 1.82) is 0 Å². The Morgan fingerprint density at radius 1 is 1.15 bits per heavy atom. The van der Waals surface area contributed by atoms with E-state index in [1.54, 1.807) is 0 Å². The van der Waals surface area contributed by atoms with Gasteiger partial charge in [0.15, 0.2) is 5.41 Å². The van der Waals surface area contributed by atoms with Crippen LogP contribution in [0.4, 0.5) is 16.2 Å². The fourth-order valence-electron chi connectivity index (χ4n) is 4.71. The quantitative estimate of drug-likeness (QED) is 0.703. The summed E-state index contributed by atoms with van der Waals surface area (Å²) in [6, 6.07) is 4.82. The van der Waals surface area contributed by atoms with E-state index in [9.17, 15) is 14.4 Å². The highest BCUT2D eigenvalue weighted by molar-refractivity contribution is 6.20. The molecule has 2 N–H and O–H groups in total. The van der Waals surface area contributed by atoms with Crippen LogP contribution >= 0.6 is 0 Å². The molecule has 27 heavy (non-hydrogen) atoms. The van der Waals surface area contributed by atoms with Gasteiger partial charge in [-0.2, -0.15) is 0 Å². The number of nitrogens with zero attached hydrogens (tertiary/aromatic N) is 2. The van der Waals surface area contributed by atoms with E-state index in [2.05, 4.69) is 15.5 Å². The maximum absolute atomic E-state index is 13.0. The Morgan fingerprint density at radius 2 is 1.81 bits per heavy atom. The number of fused-ring (bicyclic) bond motifs is 4. The molecule has 0 aromatic heterocycles. The number of amides is 4. The zero-order valence-corrected chi connectivity index (χ0v) is 15.9. The predicted octanol–water partition coefficient (Wildman–Crippen LogP) is 0.643. The molecule has 3 aliphatic rings. The number of carbonyl (C=O) groups excluding carboxylic acids is 3. The minimum absolute atomic E-state index is 0.0379. The van der Waals surface area contributed by atoms with Crippen molar-refractivity contribution in [3.63, 3.8) is 0 Å². The van der Waals surface area contributed by atoms with Crippen molar-refractivity contribution >= 4 is 29.2 Å². The zero-order valence-electron chi connectivity index (χ0n) is 15.9. The van der Waals surface area contributed by atoms with Gasteiger partial charge in [0.25, 0.3) is 0 Å². The summed E-state index contributed by atoms with van der Waals surface area (Å²) in [5.74, 6) is -1.12. The number of anilines is 2. The fourth-order valence-corrected chi connectivity index (χ4v) is 4.71. The molecule has 3 aliphatic heterocycles. The molecule has 4 amide bonds. The van der Waals surface area contributed by atoms with Gasteiger partial charge >= 0.3 is 6.03 Å².